The minimum Gasteiger partial charge on any atom is -0.370 e. The number of rotatable bonds is 4. The Kier molecular flexibility index (Phi) is 4.73. The zero-order valence-corrected chi connectivity index (χ0v) is 14.8. The zero-order chi connectivity index (χ0) is 18.6. The molecule has 4 rings (SSSR count). The van der Waals surface area contributed by atoms with Crippen molar-refractivity contribution in [1.82, 2.24) is 4.90 Å². The standard InChI is InChI=1S/C22H19N3O2/c23-12-16-8-10-19(11-9-16)24-22(26)25-13-20(14-25)27-15-18-6-3-5-17-4-1-2-7-21(17)18/h1-11,20H,13-15H2,(H,24,26). The molecule has 0 saturated carbocycles. The maximum atomic E-state index is 12.2. The van der Waals surface area contributed by atoms with E-state index < -0.39 is 0 Å². The molecule has 27 heavy (non-hydrogen) atoms. The average Bonchev–Trinajstić information content (AvgIpc) is 2.67. The molecule has 1 saturated heterocycles. The van der Waals surface area contributed by atoms with Gasteiger partial charge in [0, 0.05) is 5.69 Å². The molecule has 0 radical (unpaired) electrons. The summed E-state index contributed by atoms with van der Waals surface area (Å²) in [4.78, 5) is 14.0. The largest absolute Gasteiger partial charge is 0.370 e. The van der Waals surface area contributed by atoms with E-state index in [9.17, 15) is 4.79 Å². The van der Waals surface area contributed by atoms with Crippen molar-refractivity contribution in [1.29, 1.82) is 5.26 Å². The van der Waals surface area contributed by atoms with E-state index >= 15 is 0 Å². The fraction of sp³-hybridized carbons (Fsp3) is 0.182. The van der Waals surface area contributed by atoms with Gasteiger partial charge >= 0.3 is 6.03 Å². The highest BCUT2D eigenvalue weighted by molar-refractivity contribution is 5.90. The topological polar surface area (TPSA) is 65.4 Å². The molecular formula is C22H19N3O2. The Bertz CT molecular complexity index is 997. The molecule has 0 unspecified atom stereocenters. The molecule has 1 aliphatic rings. The van der Waals surface area contributed by atoms with Crippen molar-refractivity contribution in [3.63, 3.8) is 0 Å². The van der Waals surface area contributed by atoms with E-state index in [1.807, 2.05) is 18.2 Å². The quantitative estimate of drug-likeness (QED) is 0.763. The molecule has 1 aliphatic heterocycles. The summed E-state index contributed by atoms with van der Waals surface area (Å²) < 4.78 is 5.98. The number of urea groups is 1. The fourth-order valence-corrected chi connectivity index (χ4v) is 3.17. The van der Waals surface area contributed by atoms with Crippen LogP contribution < -0.4 is 5.32 Å². The third-order valence-corrected chi connectivity index (χ3v) is 4.76. The van der Waals surface area contributed by atoms with Gasteiger partial charge in [-0.3, -0.25) is 0 Å². The molecule has 5 heteroatoms. The number of amides is 2. The smallest absolute Gasteiger partial charge is 0.322 e. The molecule has 0 aromatic heterocycles. The van der Waals surface area contributed by atoms with Crippen LogP contribution in [0.15, 0.2) is 66.7 Å². The summed E-state index contributed by atoms with van der Waals surface area (Å²) in [7, 11) is 0. The summed E-state index contributed by atoms with van der Waals surface area (Å²) in [5.41, 5.74) is 2.41. The van der Waals surface area contributed by atoms with Crippen LogP contribution in [0.2, 0.25) is 0 Å². The number of benzene rings is 3. The number of carbonyl (C=O) groups excluding carboxylic acids is 1. The van der Waals surface area contributed by atoms with Crippen LogP contribution in [-0.2, 0) is 11.3 Å². The summed E-state index contributed by atoms with van der Waals surface area (Å²) in [5.74, 6) is 0. The average molecular weight is 357 g/mol. The predicted molar refractivity (Wildman–Crippen MR) is 104 cm³/mol. The number of likely N-dealkylation sites (tertiary alicyclic amines) is 1. The summed E-state index contributed by atoms with van der Waals surface area (Å²) >= 11 is 0. The van der Waals surface area contributed by atoms with Gasteiger partial charge in [0.25, 0.3) is 0 Å². The third kappa shape index (κ3) is 3.76. The molecule has 1 N–H and O–H groups in total. The van der Waals surface area contributed by atoms with Gasteiger partial charge in [-0.25, -0.2) is 4.79 Å². The molecular weight excluding hydrogens is 338 g/mol. The first kappa shape index (κ1) is 17.1. The lowest BCUT2D eigenvalue weighted by atomic mass is 10.1. The molecule has 2 amide bonds. The number of nitrogens with one attached hydrogen (secondary N) is 1. The predicted octanol–water partition coefficient (Wildman–Crippen LogP) is 4.14. The lowest BCUT2D eigenvalue weighted by Crippen LogP contribution is -2.56. The molecule has 0 aliphatic carbocycles. The van der Waals surface area contributed by atoms with Gasteiger partial charge in [-0.2, -0.15) is 5.26 Å². The van der Waals surface area contributed by atoms with Crippen molar-refractivity contribution in [2.45, 2.75) is 12.7 Å². The highest BCUT2D eigenvalue weighted by Crippen LogP contribution is 2.21. The van der Waals surface area contributed by atoms with Crippen LogP contribution >= 0.6 is 0 Å². The lowest BCUT2D eigenvalue weighted by molar-refractivity contribution is -0.0417. The van der Waals surface area contributed by atoms with E-state index in [-0.39, 0.29) is 12.1 Å². The maximum absolute atomic E-state index is 12.2. The van der Waals surface area contributed by atoms with Gasteiger partial charge in [0.1, 0.15) is 0 Å². The van der Waals surface area contributed by atoms with E-state index in [0.717, 1.165) is 5.56 Å². The van der Waals surface area contributed by atoms with Crippen LogP contribution in [0, 0.1) is 11.3 Å². The first-order valence-corrected chi connectivity index (χ1v) is 8.87. The lowest BCUT2D eigenvalue weighted by Gasteiger charge is -2.38. The molecule has 1 heterocycles. The number of carbonyl (C=O) groups is 1. The SMILES string of the molecule is N#Cc1ccc(NC(=O)N2CC(OCc3cccc4ccccc34)C2)cc1. The first-order chi connectivity index (χ1) is 13.2. The Hall–Kier alpha value is -3.36. The van der Waals surface area contributed by atoms with E-state index in [1.54, 1.807) is 29.2 Å². The van der Waals surface area contributed by atoms with Crippen LogP contribution in [0.3, 0.4) is 0 Å². The Morgan fingerprint density at radius 3 is 2.59 bits per heavy atom. The monoisotopic (exact) mass is 357 g/mol. The van der Waals surface area contributed by atoms with Crippen LogP contribution in [0.5, 0.6) is 0 Å². The number of nitriles is 1. The van der Waals surface area contributed by atoms with Gasteiger partial charge in [0.2, 0.25) is 0 Å². The summed E-state index contributed by atoms with van der Waals surface area (Å²) in [6.45, 7) is 1.69. The minimum absolute atomic E-state index is 0.0516. The van der Waals surface area contributed by atoms with Gasteiger partial charge in [-0.1, -0.05) is 42.5 Å². The van der Waals surface area contributed by atoms with Gasteiger partial charge < -0.3 is 15.0 Å². The van der Waals surface area contributed by atoms with E-state index in [1.165, 1.54) is 10.8 Å². The minimum atomic E-state index is -0.148. The highest BCUT2D eigenvalue weighted by Gasteiger charge is 2.31. The number of fused-ring (bicyclic) bond motifs is 1. The number of nitrogens with zero attached hydrogens (tertiary/aromatic N) is 2. The van der Waals surface area contributed by atoms with E-state index in [4.69, 9.17) is 10.00 Å². The number of ether oxygens (including phenoxy) is 1. The van der Waals surface area contributed by atoms with Crippen molar-refractivity contribution < 1.29 is 9.53 Å². The Morgan fingerprint density at radius 1 is 1.07 bits per heavy atom. The Balaban J connectivity index is 1.28. The number of hydrogen-bond acceptors (Lipinski definition) is 3. The summed E-state index contributed by atoms with van der Waals surface area (Å²) in [6, 6.07) is 23.2. The van der Waals surface area contributed by atoms with Gasteiger partial charge in [0.05, 0.1) is 37.4 Å². The Morgan fingerprint density at radius 2 is 1.81 bits per heavy atom. The van der Waals surface area contributed by atoms with Crippen molar-refractivity contribution in [3.8, 4) is 6.07 Å². The van der Waals surface area contributed by atoms with Crippen molar-refractivity contribution >= 4 is 22.5 Å². The molecule has 134 valence electrons. The first-order valence-electron chi connectivity index (χ1n) is 8.87. The zero-order valence-electron chi connectivity index (χ0n) is 14.8. The van der Waals surface area contributed by atoms with Crippen LogP contribution in [0.25, 0.3) is 10.8 Å². The molecule has 3 aromatic carbocycles. The molecule has 1 fully saturated rings. The molecule has 0 spiro atoms. The highest BCUT2D eigenvalue weighted by atomic mass is 16.5. The second-order valence-corrected chi connectivity index (χ2v) is 6.60. The van der Waals surface area contributed by atoms with Crippen molar-refractivity contribution in [2.75, 3.05) is 18.4 Å². The number of hydrogen-bond donors (Lipinski definition) is 1. The summed E-state index contributed by atoms with van der Waals surface area (Å²) in [6.07, 6.45) is 0.0516. The third-order valence-electron chi connectivity index (χ3n) is 4.76. The number of anilines is 1. The normalized spacial score (nSPS) is 13.8. The van der Waals surface area contributed by atoms with Crippen molar-refractivity contribution in [2.24, 2.45) is 0 Å². The van der Waals surface area contributed by atoms with Crippen LogP contribution in [0.1, 0.15) is 11.1 Å². The van der Waals surface area contributed by atoms with E-state index in [2.05, 4.69) is 35.7 Å². The fourth-order valence-electron chi connectivity index (χ4n) is 3.17. The van der Waals surface area contributed by atoms with Crippen LogP contribution in [0.4, 0.5) is 10.5 Å². The second kappa shape index (κ2) is 7.48. The molecule has 5 nitrogen and oxygen atoms in total. The molecule has 0 bridgehead atoms. The van der Waals surface area contributed by atoms with Gasteiger partial charge in [-0.15, -0.1) is 0 Å². The maximum Gasteiger partial charge on any atom is 0.322 e. The molecule has 3 aromatic rings. The summed E-state index contributed by atoms with van der Waals surface area (Å²) in [5, 5.41) is 14.1. The van der Waals surface area contributed by atoms with Gasteiger partial charge in [-0.05, 0) is 40.6 Å². The van der Waals surface area contributed by atoms with Gasteiger partial charge in [0.15, 0.2) is 0 Å². The Labute approximate surface area is 157 Å². The molecule has 0 atom stereocenters. The van der Waals surface area contributed by atoms with Crippen LogP contribution in [-0.4, -0.2) is 30.1 Å². The van der Waals surface area contributed by atoms with Crippen molar-refractivity contribution in [3.05, 3.63) is 77.9 Å². The van der Waals surface area contributed by atoms with E-state index in [0.29, 0.717) is 30.9 Å². The second-order valence-electron chi connectivity index (χ2n) is 6.60.